The van der Waals surface area contributed by atoms with E-state index < -0.39 is 18.1 Å². The van der Waals surface area contributed by atoms with Crippen LogP contribution in [0.25, 0.3) is 0 Å². The van der Waals surface area contributed by atoms with E-state index in [0.717, 1.165) is 6.54 Å². The van der Waals surface area contributed by atoms with Gasteiger partial charge in [-0.2, -0.15) is 13.2 Å². The van der Waals surface area contributed by atoms with Crippen molar-refractivity contribution in [1.82, 2.24) is 15.1 Å². The summed E-state index contributed by atoms with van der Waals surface area (Å²) in [5.74, 6) is -1.43. The molecule has 0 radical (unpaired) electrons. The number of carbonyl (C=O) groups is 1. The predicted octanol–water partition coefficient (Wildman–Crippen LogP) is 1.72. The van der Waals surface area contributed by atoms with Crippen molar-refractivity contribution >= 4 is 5.91 Å². The van der Waals surface area contributed by atoms with Crippen LogP contribution in [0.1, 0.15) is 26.7 Å². The third-order valence-electron chi connectivity index (χ3n) is 3.96. The monoisotopic (exact) mass is 309 g/mol. The molecule has 1 rings (SSSR count). The normalized spacial score (nSPS) is 25.0. The molecule has 0 spiro atoms. The van der Waals surface area contributed by atoms with Crippen LogP contribution in [0.15, 0.2) is 0 Å². The highest BCUT2D eigenvalue weighted by atomic mass is 19.4. The van der Waals surface area contributed by atoms with Gasteiger partial charge < -0.3 is 15.1 Å². The molecule has 3 atom stereocenters. The third kappa shape index (κ3) is 5.14. The molecule has 1 amide bonds. The van der Waals surface area contributed by atoms with E-state index in [1.54, 1.807) is 4.90 Å². The minimum absolute atomic E-state index is 0.0204. The lowest BCUT2D eigenvalue weighted by Gasteiger charge is -2.36. The van der Waals surface area contributed by atoms with Gasteiger partial charge in [-0.25, -0.2) is 0 Å². The zero-order valence-corrected chi connectivity index (χ0v) is 13.2. The van der Waals surface area contributed by atoms with Crippen LogP contribution in [0.5, 0.6) is 0 Å². The standard InChI is InChI=1S/C14H26F3N3O/c1-5-20(10(2)9-19(3)4)13(21)12-7-6-11(8-18-12)14(15,16)17/h10-12,18H,5-9H2,1-4H3. The molecule has 0 aromatic carbocycles. The molecule has 124 valence electrons. The Bertz CT molecular complexity index is 339. The molecule has 1 aliphatic rings. The molecule has 1 saturated heterocycles. The largest absolute Gasteiger partial charge is 0.393 e. The highest BCUT2D eigenvalue weighted by Crippen LogP contribution is 2.32. The van der Waals surface area contributed by atoms with Crippen LogP contribution in [0.3, 0.4) is 0 Å². The van der Waals surface area contributed by atoms with Gasteiger partial charge in [0.25, 0.3) is 0 Å². The summed E-state index contributed by atoms with van der Waals surface area (Å²) in [6, 6.07) is -0.451. The van der Waals surface area contributed by atoms with Crippen molar-refractivity contribution in [3.05, 3.63) is 0 Å². The Morgan fingerprint density at radius 1 is 1.33 bits per heavy atom. The van der Waals surface area contributed by atoms with E-state index in [-0.39, 0.29) is 31.3 Å². The number of rotatable bonds is 5. The molecule has 1 N–H and O–H groups in total. The molecule has 0 aliphatic carbocycles. The second kappa shape index (κ2) is 7.45. The molecular formula is C14H26F3N3O. The third-order valence-corrected chi connectivity index (χ3v) is 3.96. The molecule has 7 heteroatoms. The molecule has 3 unspecified atom stereocenters. The summed E-state index contributed by atoms with van der Waals surface area (Å²) >= 11 is 0. The summed E-state index contributed by atoms with van der Waals surface area (Å²) in [5.41, 5.74) is 0. The van der Waals surface area contributed by atoms with E-state index in [1.165, 1.54) is 0 Å². The lowest BCUT2D eigenvalue weighted by molar-refractivity contribution is -0.181. The van der Waals surface area contributed by atoms with E-state index in [0.29, 0.717) is 6.54 Å². The van der Waals surface area contributed by atoms with Gasteiger partial charge in [0.1, 0.15) is 0 Å². The highest BCUT2D eigenvalue weighted by molar-refractivity contribution is 5.82. The lowest BCUT2D eigenvalue weighted by Crippen LogP contribution is -2.55. The average Bonchev–Trinajstić information content (AvgIpc) is 2.37. The van der Waals surface area contributed by atoms with E-state index in [4.69, 9.17) is 0 Å². The van der Waals surface area contributed by atoms with E-state index in [1.807, 2.05) is 32.8 Å². The molecule has 0 aromatic rings. The molecule has 21 heavy (non-hydrogen) atoms. The molecule has 1 heterocycles. The van der Waals surface area contributed by atoms with Gasteiger partial charge >= 0.3 is 6.18 Å². The Morgan fingerprint density at radius 3 is 2.33 bits per heavy atom. The fourth-order valence-corrected chi connectivity index (χ4v) is 2.86. The fraction of sp³-hybridized carbons (Fsp3) is 0.929. The van der Waals surface area contributed by atoms with Crippen LogP contribution in [0, 0.1) is 5.92 Å². The number of alkyl halides is 3. The zero-order valence-electron chi connectivity index (χ0n) is 13.2. The van der Waals surface area contributed by atoms with E-state index >= 15 is 0 Å². The Morgan fingerprint density at radius 2 is 1.95 bits per heavy atom. The van der Waals surface area contributed by atoms with Crippen molar-refractivity contribution in [1.29, 1.82) is 0 Å². The summed E-state index contributed by atoms with van der Waals surface area (Å²) in [6.07, 6.45) is -3.91. The van der Waals surface area contributed by atoms with E-state index in [9.17, 15) is 18.0 Å². The van der Waals surface area contributed by atoms with Crippen LogP contribution >= 0.6 is 0 Å². The first-order chi connectivity index (χ1) is 9.66. The van der Waals surface area contributed by atoms with Gasteiger partial charge in [-0.15, -0.1) is 0 Å². The van der Waals surface area contributed by atoms with Crippen molar-refractivity contribution in [3.8, 4) is 0 Å². The van der Waals surface area contributed by atoms with Gasteiger partial charge in [-0.1, -0.05) is 0 Å². The number of piperidine rings is 1. The summed E-state index contributed by atoms with van der Waals surface area (Å²) in [7, 11) is 3.86. The van der Waals surface area contributed by atoms with Crippen LogP contribution in [-0.2, 0) is 4.79 Å². The van der Waals surface area contributed by atoms with Crippen molar-refractivity contribution < 1.29 is 18.0 Å². The van der Waals surface area contributed by atoms with Crippen molar-refractivity contribution in [3.63, 3.8) is 0 Å². The Kier molecular flexibility index (Phi) is 6.46. The maximum atomic E-state index is 12.6. The van der Waals surface area contributed by atoms with Crippen molar-refractivity contribution in [2.75, 3.05) is 33.7 Å². The van der Waals surface area contributed by atoms with E-state index in [2.05, 4.69) is 5.32 Å². The first-order valence-electron chi connectivity index (χ1n) is 7.42. The molecule has 1 fully saturated rings. The number of halogens is 3. The van der Waals surface area contributed by atoms with Gasteiger partial charge in [-0.3, -0.25) is 4.79 Å². The van der Waals surface area contributed by atoms with Gasteiger partial charge in [0, 0.05) is 25.7 Å². The lowest BCUT2D eigenvalue weighted by atomic mass is 9.93. The number of amides is 1. The molecular weight excluding hydrogens is 283 g/mol. The molecule has 4 nitrogen and oxygen atoms in total. The second-order valence-electron chi connectivity index (χ2n) is 6.01. The number of hydrogen-bond acceptors (Lipinski definition) is 3. The average molecular weight is 309 g/mol. The molecule has 0 bridgehead atoms. The zero-order chi connectivity index (χ0) is 16.2. The van der Waals surface area contributed by atoms with Gasteiger partial charge in [0.15, 0.2) is 0 Å². The predicted molar refractivity (Wildman–Crippen MR) is 76.0 cm³/mol. The van der Waals surface area contributed by atoms with Gasteiger partial charge in [0.05, 0.1) is 12.0 Å². The van der Waals surface area contributed by atoms with Gasteiger partial charge in [-0.05, 0) is 40.8 Å². The number of carbonyl (C=O) groups excluding carboxylic acids is 1. The summed E-state index contributed by atoms with van der Waals surface area (Å²) in [4.78, 5) is 16.2. The van der Waals surface area contributed by atoms with Crippen molar-refractivity contribution in [2.24, 2.45) is 5.92 Å². The minimum Gasteiger partial charge on any atom is -0.338 e. The number of nitrogens with zero attached hydrogens (tertiary/aromatic N) is 2. The highest BCUT2D eigenvalue weighted by Gasteiger charge is 2.43. The van der Waals surface area contributed by atoms with Crippen LogP contribution < -0.4 is 5.32 Å². The first-order valence-corrected chi connectivity index (χ1v) is 7.42. The topological polar surface area (TPSA) is 35.6 Å². The fourth-order valence-electron chi connectivity index (χ4n) is 2.86. The first kappa shape index (κ1) is 18.2. The second-order valence-corrected chi connectivity index (χ2v) is 6.01. The maximum absolute atomic E-state index is 12.6. The Balaban J connectivity index is 2.59. The Labute approximate surface area is 124 Å². The van der Waals surface area contributed by atoms with Crippen LogP contribution in [0.4, 0.5) is 13.2 Å². The maximum Gasteiger partial charge on any atom is 0.393 e. The number of nitrogens with one attached hydrogen (secondary N) is 1. The van der Waals surface area contributed by atoms with Gasteiger partial charge in [0.2, 0.25) is 5.91 Å². The van der Waals surface area contributed by atoms with Crippen LogP contribution in [0.2, 0.25) is 0 Å². The quantitative estimate of drug-likeness (QED) is 0.840. The number of likely N-dealkylation sites (N-methyl/N-ethyl adjacent to an activating group) is 2. The van der Waals surface area contributed by atoms with Crippen LogP contribution in [-0.4, -0.2) is 67.7 Å². The SMILES string of the molecule is CCN(C(=O)C1CCC(C(F)(F)F)CN1)C(C)CN(C)C. The summed E-state index contributed by atoms with van der Waals surface area (Å²) in [5, 5.41) is 2.77. The summed E-state index contributed by atoms with van der Waals surface area (Å²) in [6.45, 7) is 4.99. The molecule has 0 saturated carbocycles. The van der Waals surface area contributed by atoms with Crippen molar-refractivity contribution in [2.45, 2.75) is 44.9 Å². The summed E-state index contributed by atoms with van der Waals surface area (Å²) < 4.78 is 37.9. The number of hydrogen-bond donors (Lipinski definition) is 1. The molecule has 1 aliphatic heterocycles. The molecule has 0 aromatic heterocycles. The smallest absolute Gasteiger partial charge is 0.338 e. The Hall–Kier alpha value is -0.820. The minimum atomic E-state index is -4.18.